The number of benzene rings is 3. The van der Waals surface area contributed by atoms with E-state index in [9.17, 15) is 14.7 Å². The van der Waals surface area contributed by atoms with Crippen LogP contribution in [0.25, 0.3) is 23.1 Å². The molecule has 2 aromatic heterocycles. The van der Waals surface area contributed by atoms with Gasteiger partial charge in [-0.2, -0.15) is 5.10 Å². The highest BCUT2D eigenvalue weighted by Gasteiger charge is 2.16. The lowest BCUT2D eigenvalue weighted by molar-refractivity contribution is 0.0600. The number of anilines is 1. The van der Waals surface area contributed by atoms with Crippen LogP contribution in [-0.2, 0) is 4.74 Å². The first-order valence-electron chi connectivity index (χ1n) is 11.6. The topological polar surface area (TPSA) is 117 Å². The third-order valence-electron chi connectivity index (χ3n) is 5.69. The number of aromatic amines is 1. The molecule has 0 bridgehead atoms. The second kappa shape index (κ2) is 11.0. The van der Waals surface area contributed by atoms with Gasteiger partial charge in [-0.1, -0.05) is 30.0 Å². The molecule has 8 nitrogen and oxygen atoms in total. The van der Waals surface area contributed by atoms with Crippen LogP contribution in [0.2, 0.25) is 0 Å². The van der Waals surface area contributed by atoms with Gasteiger partial charge < -0.3 is 15.2 Å². The highest BCUT2D eigenvalue weighted by Crippen LogP contribution is 2.34. The molecule has 0 atom stereocenters. The quantitative estimate of drug-likeness (QED) is 0.177. The van der Waals surface area contributed by atoms with E-state index in [4.69, 9.17) is 0 Å². The maximum absolute atomic E-state index is 13.1. The lowest BCUT2D eigenvalue weighted by Crippen LogP contribution is -2.13. The summed E-state index contributed by atoms with van der Waals surface area (Å²) in [7, 11) is 1.26. The molecule has 0 saturated heterocycles. The van der Waals surface area contributed by atoms with E-state index in [0.29, 0.717) is 5.56 Å². The van der Waals surface area contributed by atoms with Gasteiger partial charge in [0, 0.05) is 21.4 Å². The van der Waals surface area contributed by atoms with Crippen LogP contribution in [-0.4, -0.2) is 39.3 Å². The number of pyridine rings is 1. The van der Waals surface area contributed by atoms with Crippen LogP contribution >= 0.6 is 11.8 Å². The van der Waals surface area contributed by atoms with Crippen molar-refractivity contribution >= 4 is 52.4 Å². The first-order chi connectivity index (χ1) is 18.5. The number of rotatable bonds is 7. The van der Waals surface area contributed by atoms with E-state index in [-0.39, 0.29) is 17.0 Å². The minimum atomic E-state index is -0.578. The maximum atomic E-state index is 13.1. The van der Waals surface area contributed by atoms with Crippen molar-refractivity contribution in [2.75, 3.05) is 12.4 Å². The highest BCUT2D eigenvalue weighted by atomic mass is 32.2. The Bertz CT molecular complexity index is 1660. The standard InChI is InChI=1S/C29H22N4O4S/c1-37-29(36)18-9-13-24(26(34)16-18)31-28(35)22-7-2-3-8-27(22)38-20-11-12-21-23(32-33-25(21)17-20)14-10-19-6-4-5-15-30-19/h2-17,34H,1H3,(H,31,35)(H,32,33)/b14-10+. The molecule has 9 heteroatoms. The molecule has 5 rings (SSSR count). The molecule has 0 radical (unpaired) electrons. The van der Waals surface area contributed by atoms with Crippen LogP contribution in [0.15, 0.2) is 94.9 Å². The molecule has 0 unspecified atom stereocenters. The molecule has 0 aliphatic carbocycles. The van der Waals surface area contributed by atoms with Crippen molar-refractivity contribution < 1.29 is 19.4 Å². The van der Waals surface area contributed by atoms with E-state index in [0.717, 1.165) is 32.1 Å². The van der Waals surface area contributed by atoms with Crippen LogP contribution in [0.1, 0.15) is 32.1 Å². The number of fused-ring (bicyclic) bond motifs is 1. The van der Waals surface area contributed by atoms with Gasteiger partial charge in [-0.15, -0.1) is 0 Å². The number of methoxy groups -OCH3 is 1. The van der Waals surface area contributed by atoms with E-state index >= 15 is 0 Å². The zero-order valence-corrected chi connectivity index (χ0v) is 21.0. The van der Waals surface area contributed by atoms with Crippen molar-refractivity contribution in [3.63, 3.8) is 0 Å². The van der Waals surface area contributed by atoms with Gasteiger partial charge >= 0.3 is 5.97 Å². The normalized spacial score (nSPS) is 11.1. The van der Waals surface area contributed by atoms with E-state index in [1.807, 2.05) is 60.7 Å². The third kappa shape index (κ3) is 5.42. The number of aromatic hydroxyl groups is 1. The second-order valence-electron chi connectivity index (χ2n) is 8.18. The molecule has 0 aliphatic rings. The Balaban J connectivity index is 1.34. The summed E-state index contributed by atoms with van der Waals surface area (Å²) in [6.07, 6.45) is 5.57. The molecular weight excluding hydrogens is 500 g/mol. The first kappa shape index (κ1) is 24.8. The number of phenolic OH excluding ortho intramolecular Hbond substituents is 1. The van der Waals surface area contributed by atoms with Crippen molar-refractivity contribution in [3.05, 3.63) is 108 Å². The van der Waals surface area contributed by atoms with E-state index in [2.05, 4.69) is 25.2 Å². The van der Waals surface area contributed by atoms with Crippen LogP contribution in [0.4, 0.5) is 5.69 Å². The summed E-state index contributed by atoms with van der Waals surface area (Å²) >= 11 is 1.44. The highest BCUT2D eigenvalue weighted by molar-refractivity contribution is 7.99. The second-order valence-corrected chi connectivity index (χ2v) is 9.30. The van der Waals surface area contributed by atoms with Gasteiger partial charge in [-0.3, -0.25) is 14.9 Å². The van der Waals surface area contributed by atoms with E-state index in [1.165, 1.54) is 37.1 Å². The third-order valence-corrected chi connectivity index (χ3v) is 6.76. The van der Waals surface area contributed by atoms with Gasteiger partial charge in [0.1, 0.15) is 5.75 Å². The average molecular weight is 523 g/mol. The number of H-pyrrole nitrogens is 1. The lowest BCUT2D eigenvalue weighted by atomic mass is 10.1. The molecule has 0 spiro atoms. The van der Waals surface area contributed by atoms with Crippen molar-refractivity contribution in [3.8, 4) is 5.75 Å². The van der Waals surface area contributed by atoms with Crippen LogP contribution in [0.5, 0.6) is 5.75 Å². The Labute approximate surface area is 222 Å². The number of hydrogen-bond donors (Lipinski definition) is 3. The number of nitrogens with one attached hydrogen (secondary N) is 2. The molecular formula is C29H22N4O4S. The molecule has 38 heavy (non-hydrogen) atoms. The fourth-order valence-corrected chi connectivity index (χ4v) is 4.78. The molecule has 0 fully saturated rings. The fraction of sp³-hybridized carbons (Fsp3) is 0.0345. The van der Waals surface area contributed by atoms with Gasteiger partial charge in [0.05, 0.1) is 40.8 Å². The monoisotopic (exact) mass is 522 g/mol. The number of aromatic nitrogens is 3. The summed E-state index contributed by atoms with van der Waals surface area (Å²) < 4.78 is 4.66. The number of ether oxygens (including phenoxy) is 1. The first-order valence-corrected chi connectivity index (χ1v) is 12.4. The van der Waals surface area contributed by atoms with Crippen molar-refractivity contribution in [2.45, 2.75) is 9.79 Å². The Hall–Kier alpha value is -4.89. The Morgan fingerprint density at radius 1 is 1.00 bits per heavy atom. The maximum Gasteiger partial charge on any atom is 0.337 e. The number of hydrogen-bond acceptors (Lipinski definition) is 7. The van der Waals surface area contributed by atoms with Crippen molar-refractivity contribution in [2.24, 2.45) is 0 Å². The molecule has 3 aromatic carbocycles. The number of carbonyl (C=O) groups excluding carboxylic acids is 2. The largest absolute Gasteiger partial charge is 0.506 e. The molecule has 3 N–H and O–H groups in total. The SMILES string of the molecule is COC(=O)c1ccc(NC(=O)c2ccccc2Sc2ccc3c(/C=C/c4ccccn4)n[nH]c3c2)c(O)c1. The minimum absolute atomic E-state index is 0.184. The number of amides is 1. The predicted octanol–water partition coefficient (Wildman–Crippen LogP) is 6.02. The summed E-state index contributed by atoms with van der Waals surface area (Å²) in [5, 5.41) is 21.5. The number of nitrogens with zero attached hydrogens (tertiary/aromatic N) is 2. The van der Waals surface area contributed by atoms with Gasteiger partial charge in [0.2, 0.25) is 0 Å². The van der Waals surface area contributed by atoms with E-state index < -0.39 is 11.9 Å². The Kier molecular flexibility index (Phi) is 7.19. The zero-order valence-electron chi connectivity index (χ0n) is 20.2. The van der Waals surface area contributed by atoms with Gasteiger partial charge in [0.15, 0.2) is 0 Å². The summed E-state index contributed by atoms with van der Waals surface area (Å²) in [6.45, 7) is 0. The summed E-state index contributed by atoms with van der Waals surface area (Å²) in [5.74, 6) is -1.20. The van der Waals surface area contributed by atoms with Gasteiger partial charge in [-0.05, 0) is 72.8 Å². The molecule has 2 heterocycles. The summed E-state index contributed by atoms with van der Waals surface area (Å²) in [5.41, 5.74) is 3.33. The van der Waals surface area contributed by atoms with Crippen LogP contribution < -0.4 is 5.32 Å². The molecule has 188 valence electrons. The van der Waals surface area contributed by atoms with Gasteiger partial charge in [0.25, 0.3) is 5.91 Å². The van der Waals surface area contributed by atoms with Crippen molar-refractivity contribution in [1.82, 2.24) is 15.2 Å². The number of carbonyl (C=O) groups is 2. The molecule has 0 saturated carbocycles. The fourth-order valence-electron chi connectivity index (χ4n) is 3.79. The van der Waals surface area contributed by atoms with Gasteiger partial charge in [-0.25, -0.2) is 4.79 Å². The minimum Gasteiger partial charge on any atom is -0.506 e. The average Bonchev–Trinajstić information content (AvgIpc) is 3.35. The van der Waals surface area contributed by atoms with Crippen LogP contribution in [0.3, 0.4) is 0 Å². The van der Waals surface area contributed by atoms with Crippen LogP contribution in [0, 0.1) is 0 Å². The molecule has 5 aromatic rings. The Morgan fingerprint density at radius 3 is 2.63 bits per heavy atom. The smallest absolute Gasteiger partial charge is 0.337 e. The molecule has 1 amide bonds. The number of phenols is 1. The lowest BCUT2D eigenvalue weighted by Gasteiger charge is -2.12. The zero-order chi connectivity index (χ0) is 26.5. The van der Waals surface area contributed by atoms with E-state index in [1.54, 1.807) is 18.3 Å². The molecule has 0 aliphatic heterocycles. The summed E-state index contributed by atoms with van der Waals surface area (Å²) in [6, 6.07) is 23.1. The van der Waals surface area contributed by atoms with Crippen molar-refractivity contribution in [1.29, 1.82) is 0 Å². The Morgan fingerprint density at radius 2 is 1.84 bits per heavy atom. The summed E-state index contributed by atoms with van der Waals surface area (Å²) in [4.78, 5) is 30.7. The number of esters is 1. The predicted molar refractivity (Wildman–Crippen MR) is 147 cm³/mol.